The van der Waals surface area contributed by atoms with Gasteiger partial charge in [0, 0.05) is 23.2 Å². The molecule has 0 aromatic carbocycles. The van der Waals surface area contributed by atoms with Crippen LogP contribution in [0, 0.1) is 6.92 Å². The van der Waals surface area contributed by atoms with Gasteiger partial charge < -0.3 is 10.6 Å². The van der Waals surface area contributed by atoms with E-state index >= 15 is 0 Å². The maximum absolute atomic E-state index is 4.36. The highest BCUT2D eigenvalue weighted by Crippen LogP contribution is 2.22. The van der Waals surface area contributed by atoms with E-state index in [0.29, 0.717) is 0 Å². The van der Waals surface area contributed by atoms with Gasteiger partial charge in [-0.25, -0.2) is 15.0 Å². The van der Waals surface area contributed by atoms with Crippen LogP contribution in [0.1, 0.15) is 35.7 Å². The minimum absolute atomic E-state index is 0.753. The summed E-state index contributed by atoms with van der Waals surface area (Å²) in [7, 11) is 0. The van der Waals surface area contributed by atoms with Crippen molar-refractivity contribution in [3.05, 3.63) is 28.0 Å². The number of thiazole rings is 1. The third-order valence-corrected chi connectivity index (χ3v) is 3.85. The van der Waals surface area contributed by atoms with E-state index in [2.05, 4.69) is 39.4 Å². The van der Waals surface area contributed by atoms with Gasteiger partial charge in [-0.05, 0) is 19.8 Å². The molecule has 0 bridgehead atoms. The zero-order chi connectivity index (χ0) is 14.4. The fourth-order valence-electron chi connectivity index (χ4n) is 1.95. The lowest BCUT2D eigenvalue weighted by Crippen LogP contribution is -2.10. The Labute approximate surface area is 123 Å². The Kier molecular flexibility index (Phi) is 5.29. The third kappa shape index (κ3) is 3.66. The standard InChI is InChI=1S/C14H21N5S/c1-4-6-15-13-12(5-2)14(19-9-18-13)17-8-11-7-16-10(3)20-11/h7,9H,4-6,8H2,1-3H3,(H2,15,17,18,19). The number of aromatic nitrogens is 3. The summed E-state index contributed by atoms with van der Waals surface area (Å²) < 4.78 is 0. The minimum atomic E-state index is 0.753. The van der Waals surface area contributed by atoms with Gasteiger partial charge in [0.2, 0.25) is 0 Å². The van der Waals surface area contributed by atoms with E-state index in [4.69, 9.17) is 0 Å². The van der Waals surface area contributed by atoms with Crippen molar-refractivity contribution in [2.45, 2.75) is 40.2 Å². The van der Waals surface area contributed by atoms with Gasteiger partial charge >= 0.3 is 0 Å². The first kappa shape index (κ1) is 14.7. The Morgan fingerprint density at radius 1 is 1.10 bits per heavy atom. The van der Waals surface area contributed by atoms with Crippen molar-refractivity contribution in [3.63, 3.8) is 0 Å². The largest absolute Gasteiger partial charge is 0.370 e. The van der Waals surface area contributed by atoms with Crippen LogP contribution >= 0.6 is 11.3 Å². The highest BCUT2D eigenvalue weighted by atomic mass is 32.1. The monoisotopic (exact) mass is 291 g/mol. The van der Waals surface area contributed by atoms with Crippen molar-refractivity contribution >= 4 is 23.0 Å². The SMILES string of the molecule is CCCNc1ncnc(NCc2cnc(C)s2)c1CC. The zero-order valence-electron chi connectivity index (χ0n) is 12.2. The molecule has 2 rings (SSSR count). The molecule has 2 aromatic rings. The third-order valence-electron chi connectivity index (χ3n) is 2.94. The number of anilines is 2. The molecule has 6 heteroatoms. The molecule has 0 amide bonds. The Balaban J connectivity index is 2.10. The number of hydrogen-bond acceptors (Lipinski definition) is 6. The van der Waals surface area contributed by atoms with Gasteiger partial charge in [0.05, 0.1) is 11.6 Å². The summed E-state index contributed by atoms with van der Waals surface area (Å²) in [5.41, 5.74) is 1.14. The Hall–Kier alpha value is -1.69. The number of rotatable bonds is 7. The summed E-state index contributed by atoms with van der Waals surface area (Å²) in [6, 6.07) is 0. The molecule has 0 aliphatic heterocycles. The van der Waals surface area contributed by atoms with Gasteiger partial charge in [0.1, 0.15) is 18.0 Å². The molecule has 2 aromatic heterocycles. The van der Waals surface area contributed by atoms with Crippen molar-refractivity contribution in [3.8, 4) is 0 Å². The molecule has 0 unspecified atom stereocenters. The van der Waals surface area contributed by atoms with Crippen LogP contribution in [-0.2, 0) is 13.0 Å². The average molecular weight is 291 g/mol. The minimum Gasteiger partial charge on any atom is -0.370 e. The van der Waals surface area contributed by atoms with E-state index in [1.165, 1.54) is 4.88 Å². The summed E-state index contributed by atoms with van der Waals surface area (Å²) in [5, 5.41) is 7.83. The molecule has 0 aliphatic rings. The molecule has 0 radical (unpaired) electrons. The molecule has 0 fully saturated rings. The lowest BCUT2D eigenvalue weighted by atomic mass is 10.2. The van der Waals surface area contributed by atoms with Gasteiger partial charge in [0.25, 0.3) is 0 Å². The van der Waals surface area contributed by atoms with E-state index in [0.717, 1.165) is 48.1 Å². The van der Waals surface area contributed by atoms with Crippen LogP contribution in [0.5, 0.6) is 0 Å². The molecular weight excluding hydrogens is 270 g/mol. The number of aryl methyl sites for hydroxylation is 1. The lowest BCUT2D eigenvalue weighted by molar-refractivity contribution is 0.945. The zero-order valence-corrected chi connectivity index (χ0v) is 13.0. The summed E-state index contributed by atoms with van der Waals surface area (Å²) in [6.45, 7) is 7.96. The highest BCUT2D eigenvalue weighted by molar-refractivity contribution is 7.11. The van der Waals surface area contributed by atoms with Gasteiger partial charge in [-0.3, -0.25) is 0 Å². The second-order valence-electron chi connectivity index (χ2n) is 4.53. The number of hydrogen-bond donors (Lipinski definition) is 2. The number of nitrogens with one attached hydrogen (secondary N) is 2. The normalized spacial score (nSPS) is 10.6. The molecule has 2 N–H and O–H groups in total. The van der Waals surface area contributed by atoms with E-state index in [-0.39, 0.29) is 0 Å². The predicted molar refractivity (Wildman–Crippen MR) is 84.4 cm³/mol. The summed E-state index contributed by atoms with van der Waals surface area (Å²) in [4.78, 5) is 14.2. The van der Waals surface area contributed by atoms with Crippen molar-refractivity contribution in [2.24, 2.45) is 0 Å². The number of nitrogens with zero attached hydrogens (tertiary/aromatic N) is 3. The Morgan fingerprint density at radius 3 is 2.45 bits per heavy atom. The van der Waals surface area contributed by atoms with Crippen molar-refractivity contribution in [1.82, 2.24) is 15.0 Å². The summed E-state index contributed by atoms with van der Waals surface area (Å²) >= 11 is 1.71. The quantitative estimate of drug-likeness (QED) is 0.820. The van der Waals surface area contributed by atoms with Crippen LogP contribution in [-0.4, -0.2) is 21.5 Å². The van der Waals surface area contributed by atoms with Crippen molar-refractivity contribution in [1.29, 1.82) is 0 Å². The first-order chi connectivity index (χ1) is 9.74. The van der Waals surface area contributed by atoms with Gasteiger partial charge in [-0.1, -0.05) is 13.8 Å². The highest BCUT2D eigenvalue weighted by Gasteiger charge is 2.09. The van der Waals surface area contributed by atoms with E-state index in [9.17, 15) is 0 Å². The molecule has 2 heterocycles. The second kappa shape index (κ2) is 7.19. The molecule has 0 saturated heterocycles. The lowest BCUT2D eigenvalue weighted by Gasteiger charge is -2.13. The Morgan fingerprint density at radius 2 is 1.85 bits per heavy atom. The van der Waals surface area contributed by atoms with Crippen LogP contribution in [0.15, 0.2) is 12.5 Å². The van der Waals surface area contributed by atoms with Crippen LogP contribution < -0.4 is 10.6 Å². The maximum Gasteiger partial charge on any atom is 0.135 e. The predicted octanol–water partition coefficient (Wildman–Crippen LogP) is 3.24. The van der Waals surface area contributed by atoms with E-state index < -0.39 is 0 Å². The fraction of sp³-hybridized carbons (Fsp3) is 0.500. The van der Waals surface area contributed by atoms with Crippen LogP contribution in [0.4, 0.5) is 11.6 Å². The summed E-state index contributed by atoms with van der Waals surface area (Å²) in [6.07, 6.45) is 5.50. The molecule has 0 aliphatic carbocycles. The summed E-state index contributed by atoms with van der Waals surface area (Å²) in [5.74, 6) is 1.85. The molecule has 0 spiro atoms. The van der Waals surface area contributed by atoms with Gasteiger partial charge in [-0.2, -0.15) is 0 Å². The van der Waals surface area contributed by atoms with E-state index in [1.807, 2.05) is 13.1 Å². The topological polar surface area (TPSA) is 62.7 Å². The van der Waals surface area contributed by atoms with Gasteiger partial charge in [0.15, 0.2) is 0 Å². The Bertz CT molecular complexity index is 552. The van der Waals surface area contributed by atoms with Crippen molar-refractivity contribution in [2.75, 3.05) is 17.2 Å². The molecule has 0 atom stereocenters. The molecule has 5 nitrogen and oxygen atoms in total. The van der Waals surface area contributed by atoms with Crippen LogP contribution in [0.3, 0.4) is 0 Å². The molecule has 20 heavy (non-hydrogen) atoms. The van der Waals surface area contributed by atoms with Crippen molar-refractivity contribution < 1.29 is 0 Å². The van der Waals surface area contributed by atoms with E-state index in [1.54, 1.807) is 17.7 Å². The van der Waals surface area contributed by atoms with Gasteiger partial charge in [-0.15, -0.1) is 11.3 Å². The van der Waals surface area contributed by atoms with Crippen LogP contribution in [0.25, 0.3) is 0 Å². The average Bonchev–Trinajstić information content (AvgIpc) is 2.88. The first-order valence-corrected chi connectivity index (χ1v) is 7.79. The first-order valence-electron chi connectivity index (χ1n) is 6.97. The molecule has 0 saturated carbocycles. The molecular formula is C14H21N5S. The smallest absolute Gasteiger partial charge is 0.135 e. The van der Waals surface area contributed by atoms with Crippen LogP contribution in [0.2, 0.25) is 0 Å². The fourth-order valence-corrected chi connectivity index (χ4v) is 2.69. The molecule has 108 valence electrons. The second-order valence-corrected chi connectivity index (χ2v) is 5.85. The maximum atomic E-state index is 4.36.